The topological polar surface area (TPSA) is 54.3 Å². The monoisotopic (exact) mass is 397 g/mol. The van der Waals surface area contributed by atoms with Gasteiger partial charge in [-0.2, -0.15) is 0 Å². The number of aromatic nitrogens is 1. The van der Waals surface area contributed by atoms with Gasteiger partial charge in [0.25, 0.3) is 5.91 Å². The first-order chi connectivity index (χ1) is 13.6. The van der Waals surface area contributed by atoms with Gasteiger partial charge in [-0.25, -0.2) is 4.39 Å². The molecule has 3 aromatic rings. The van der Waals surface area contributed by atoms with Crippen LogP contribution < -0.4 is 5.32 Å². The van der Waals surface area contributed by atoms with Crippen molar-refractivity contribution in [3.8, 4) is 5.69 Å². The van der Waals surface area contributed by atoms with Crippen LogP contribution in [-0.4, -0.2) is 34.4 Å². The Balaban J connectivity index is 1.38. The molecule has 0 saturated carbocycles. The highest BCUT2D eigenvalue weighted by Gasteiger charge is 2.28. The first-order valence-electron chi connectivity index (χ1n) is 9.18. The lowest BCUT2D eigenvalue weighted by molar-refractivity contribution is -0.121. The molecule has 0 atom stereocenters. The Labute approximate surface area is 166 Å². The maximum Gasteiger partial charge on any atom is 0.263 e. The van der Waals surface area contributed by atoms with Crippen LogP contribution in [0.4, 0.5) is 10.1 Å². The van der Waals surface area contributed by atoms with Gasteiger partial charge in [0.05, 0.1) is 10.6 Å². The largest absolute Gasteiger partial charge is 0.338 e. The number of rotatable bonds is 4. The van der Waals surface area contributed by atoms with Crippen molar-refractivity contribution in [2.75, 3.05) is 18.4 Å². The van der Waals surface area contributed by atoms with Gasteiger partial charge in [0, 0.05) is 37.1 Å². The summed E-state index contributed by atoms with van der Waals surface area (Å²) in [6.45, 7) is 1.06. The molecule has 1 saturated heterocycles. The zero-order chi connectivity index (χ0) is 19.5. The van der Waals surface area contributed by atoms with Gasteiger partial charge in [-0.1, -0.05) is 6.07 Å². The molecule has 1 fully saturated rings. The van der Waals surface area contributed by atoms with Crippen LogP contribution in [0.3, 0.4) is 0 Å². The predicted octanol–water partition coefficient (Wildman–Crippen LogP) is 4.17. The van der Waals surface area contributed by atoms with Crippen LogP contribution >= 0.6 is 11.3 Å². The molecule has 1 aliphatic heterocycles. The Kier molecular flexibility index (Phi) is 5.25. The fourth-order valence-electron chi connectivity index (χ4n) is 3.41. The van der Waals surface area contributed by atoms with E-state index in [0.29, 0.717) is 30.8 Å². The number of carbonyl (C=O) groups is 2. The van der Waals surface area contributed by atoms with E-state index in [9.17, 15) is 14.0 Å². The van der Waals surface area contributed by atoms with E-state index in [2.05, 4.69) is 5.32 Å². The van der Waals surface area contributed by atoms with Crippen LogP contribution in [0.1, 0.15) is 22.5 Å². The maximum atomic E-state index is 14.2. The summed E-state index contributed by atoms with van der Waals surface area (Å²) in [6, 6.07) is 12.1. The zero-order valence-corrected chi connectivity index (χ0v) is 16.0. The van der Waals surface area contributed by atoms with Gasteiger partial charge < -0.3 is 14.8 Å². The van der Waals surface area contributed by atoms with E-state index in [1.165, 1.54) is 17.4 Å². The lowest BCUT2D eigenvalue weighted by Gasteiger charge is -2.31. The molecular formula is C21H20FN3O2S. The number of amides is 2. The number of likely N-dealkylation sites (tertiary alicyclic amines) is 1. The van der Waals surface area contributed by atoms with E-state index in [1.54, 1.807) is 17.0 Å². The third kappa shape index (κ3) is 3.84. The fraction of sp³-hybridized carbons (Fsp3) is 0.238. The number of benzene rings is 1. The fourth-order valence-corrected chi connectivity index (χ4v) is 4.10. The molecule has 0 radical (unpaired) electrons. The molecule has 0 aliphatic carbocycles. The van der Waals surface area contributed by atoms with Gasteiger partial charge in [0.15, 0.2) is 0 Å². The summed E-state index contributed by atoms with van der Waals surface area (Å²) in [5.74, 6) is -0.886. The van der Waals surface area contributed by atoms with Crippen LogP contribution in [0.25, 0.3) is 5.69 Å². The zero-order valence-electron chi connectivity index (χ0n) is 15.2. The van der Waals surface area contributed by atoms with Gasteiger partial charge in [-0.3, -0.25) is 9.59 Å². The molecule has 2 aromatic heterocycles. The Hall–Kier alpha value is -2.93. The average Bonchev–Trinajstić information content (AvgIpc) is 3.43. The number of nitrogens with one attached hydrogen (secondary N) is 1. The Bertz CT molecular complexity index is 962. The first-order valence-corrected chi connectivity index (χ1v) is 10.1. The van der Waals surface area contributed by atoms with Gasteiger partial charge in [-0.05, 0) is 54.6 Å². The van der Waals surface area contributed by atoms with Crippen LogP contribution in [0.15, 0.2) is 60.2 Å². The third-order valence-electron chi connectivity index (χ3n) is 5.00. The number of carbonyl (C=O) groups excluding carboxylic acids is 2. The van der Waals surface area contributed by atoms with Crippen LogP contribution in [0.2, 0.25) is 0 Å². The molecule has 1 aromatic carbocycles. The van der Waals surface area contributed by atoms with E-state index in [4.69, 9.17) is 0 Å². The van der Waals surface area contributed by atoms with Gasteiger partial charge >= 0.3 is 0 Å². The van der Waals surface area contributed by atoms with Crippen molar-refractivity contribution in [2.45, 2.75) is 12.8 Å². The number of anilines is 1. The summed E-state index contributed by atoms with van der Waals surface area (Å²) in [5, 5.41) is 4.60. The molecule has 144 valence electrons. The number of hydrogen-bond donors (Lipinski definition) is 1. The SMILES string of the molecule is O=C(Nc1cc(-n2cccc2)ccc1F)C1CCN(C(=O)c2cccs2)CC1. The molecule has 7 heteroatoms. The summed E-state index contributed by atoms with van der Waals surface area (Å²) < 4.78 is 16.0. The summed E-state index contributed by atoms with van der Waals surface area (Å²) in [4.78, 5) is 27.5. The second-order valence-corrected chi connectivity index (χ2v) is 7.74. The van der Waals surface area contributed by atoms with Crippen LogP contribution in [-0.2, 0) is 4.79 Å². The van der Waals surface area contributed by atoms with Crippen molar-refractivity contribution in [1.29, 1.82) is 0 Å². The minimum Gasteiger partial charge on any atom is -0.338 e. The molecular weight excluding hydrogens is 377 g/mol. The van der Waals surface area contributed by atoms with Crippen molar-refractivity contribution < 1.29 is 14.0 Å². The van der Waals surface area contributed by atoms with Crippen molar-refractivity contribution in [3.63, 3.8) is 0 Å². The number of hydrogen-bond acceptors (Lipinski definition) is 3. The molecule has 0 unspecified atom stereocenters. The summed E-state index contributed by atoms with van der Waals surface area (Å²) in [7, 11) is 0. The number of halogens is 1. The van der Waals surface area contributed by atoms with Gasteiger partial charge in [0.2, 0.25) is 5.91 Å². The molecule has 2 amide bonds. The Morgan fingerprint density at radius 3 is 2.50 bits per heavy atom. The quantitative estimate of drug-likeness (QED) is 0.718. The van der Waals surface area contributed by atoms with Crippen LogP contribution in [0.5, 0.6) is 0 Å². The number of thiophene rings is 1. The van der Waals surface area contributed by atoms with Crippen molar-refractivity contribution in [3.05, 3.63) is 70.9 Å². The average molecular weight is 397 g/mol. The molecule has 1 aliphatic rings. The molecule has 0 bridgehead atoms. The molecule has 3 heterocycles. The van der Waals surface area contributed by atoms with E-state index >= 15 is 0 Å². The van der Waals surface area contributed by atoms with Crippen molar-refractivity contribution in [2.24, 2.45) is 5.92 Å². The van der Waals surface area contributed by atoms with Gasteiger partial charge in [0.1, 0.15) is 5.82 Å². The Morgan fingerprint density at radius 1 is 1.07 bits per heavy atom. The minimum absolute atomic E-state index is 0.0133. The third-order valence-corrected chi connectivity index (χ3v) is 5.85. The highest BCUT2D eigenvalue weighted by molar-refractivity contribution is 7.12. The smallest absolute Gasteiger partial charge is 0.263 e. The number of piperidine rings is 1. The van der Waals surface area contributed by atoms with E-state index in [-0.39, 0.29) is 23.4 Å². The second kappa shape index (κ2) is 7.98. The second-order valence-electron chi connectivity index (χ2n) is 6.79. The molecule has 0 spiro atoms. The standard InChI is InChI=1S/C21H20FN3O2S/c22-17-6-5-16(24-9-1-2-10-24)14-18(17)23-20(26)15-7-11-25(12-8-15)21(27)19-4-3-13-28-19/h1-6,9-10,13-15H,7-8,11-12H2,(H,23,26). The normalized spacial score (nSPS) is 14.8. The van der Waals surface area contributed by atoms with E-state index in [1.807, 2.05) is 46.6 Å². The summed E-state index contributed by atoms with van der Waals surface area (Å²) >= 11 is 1.42. The minimum atomic E-state index is -0.463. The highest BCUT2D eigenvalue weighted by atomic mass is 32.1. The Morgan fingerprint density at radius 2 is 1.82 bits per heavy atom. The lowest BCUT2D eigenvalue weighted by Crippen LogP contribution is -2.41. The maximum absolute atomic E-state index is 14.2. The van der Waals surface area contributed by atoms with E-state index < -0.39 is 5.82 Å². The summed E-state index contributed by atoms with van der Waals surface area (Å²) in [5.41, 5.74) is 0.950. The molecule has 4 rings (SSSR count). The van der Waals surface area contributed by atoms with Crippen molar-refractivity contribution in [1.82, 2.24) is 9.47 Å². The summed E-state index contributed by atoms with van der Waals surface area (Å²) in [6.07, 6.45) is 4.86. The lowest BCUT2D eigenvalue weighted by atomic mass is 9.95. The van der Waals surface area contributed by atoms with E-state index in [0.717, 1.165) is 5.69 Å². The molecule has 5 nitrogen and oxygen atoms in total. The van der Waals surface area contributed by atoms with Crippen molar-refractivity contribution >= 4 is 28.8 Å². The van der Waals surface area contributed by atoms with Gasteiger partial charge in [-0.15, -0.1) is 11.3 Å². The number of nitrogens with zero attached hydrogens (tertiary/aromatic N) is 2. The van der Waals surface area contributed by atoms with Crippen LogP contribution in [0, 0.1) is 11.7 Å². The predicted molar refractivity (Wildman–Crippen MR) is 107 cm³/mol. The molecule has 28 heavy (non-hydrogen) atoms. The first kappa shape index (κ1) is 18.4. The highest BCUT2D eigenvalue weighted by Crippen LogP contribution is 2.24. The molecule has 1 N–H and O–H groups in total.